The van der Waals surface area contributed by atoms with E-state index in [-0.39, 0.29) is 17.9 Å². The van der Waals surface area contributed by atoms with Crippen LogP contribution in [0.1, 0.15) is 20.8 Å². The van der Waals surface area contributed by atoms with Crippen LogP contribution in [0.15, 0.2) is 12.7 Å². The molecule has 0 radical (unpaired) electrons. The molecule has 0 aromatic rings. The molecule has 0 aromatic carbocycles. The number of hydrogen-bond donors (Lipinski definition) is 1. The third-order valence-corrected chi connectivity index (χ3v) is 1.14. The molecule has 0 fully saturated rings. The van der Waals surface area contributed by atoms with Crippen LogP contribution >= 0.6 is 12.4 Å². The highest BCUT2D eigenvalue weighted by Gasteiger charge is 2.07. The van der Waals surface area contributed by atoms with Crippen LogP contribution in [-0.4, -0.2) is 12.1 Å². The number of nitrogens with one attached hydrogen (secondary N) is 1. The van der Waals surface area contributed by atoms with E-state index in [0.29, 0.717) is 0 Å². The number of hydrogen-bond acceptors (Lipinski definition) is 1. The zero-order valence-electron chi connectivity index (χ0n) is 6.40. The van der Waals surface area contributed by atoms with Crippen molar-refractivity contribution in [3.05, 3.63) is 12.7 Å². The molecule has 1 N–H and O–H groups in total. The lowest BCUT2D eigenvalue weighted by Gasteiger charge is -2.19. The summed E-state index contributed by atoms with van der Waals surface area (Å²) in [6.07, 6.45) is 1.91. The summed E-state index contributed by atoms with van der Waals surface area (Å²) in [6, 6.07) is 0. The molecule has 0 unspecified atom stereocenters. The lowest BCUT2D eigenvalue weighted by molar-refractivity contribution is 0.492. The summed E-state index contributed by atoms with van der Waals surface area (Å²) in [6.45, 7) is 11.0. The van der Waals surface area contributed by atoms with Crippen LogP contribution in [0.4, 0.5) is 0 Å². The molecule has 56 valence electrons. The smallest absolute Gasteiger partial charge is 0.0304 e. The van der Waals surface area contributed by atoms with Gasteiger partial charge in [-0.1, -0.05) is 13.0 Å². The van der Waals surface area contributed by atoms with Gasteiger partial charge in [0.2, 0.25) is 0 Å². The Morgan fingerprint density at radius 2 is 2.00 bits per heavy atom. The van der Waals surface area contributed by atoms with E-state index in [4.69, 9.17) is 0 Å². The van der Waals surface area contributed by atoms with Gasteiger partial charge < -0.3 is 5.32 Å². The highest BCUT2D eigenvalue weighted by atomic mass is 35.5. The molecule has 0 saturated carbocycles. The van der Waals surface area contributed by atoms with Crippen molar-refractivity contribution in [2.24, 2.45) is 0 Å². The van der Waals surface area contributed by atoms with Crippen LogP contribution in [0.5, 0.6) is 0 Å². The minimum atomic E-state index is 0. The SMILES string of the molecule is C=CC(C)(C)NCC.Cl. The second-order valence-electron chi connectivity index (χ2n) is 2.46. The standard InChI is InChI=1S/C7H15N.ClH/c1-5-7(3,4)8-6-2;/h5,8H,1,6H2,2-4H3;1H. The highest BCUT2D eigenvalue weighted by Crippen LogP contribution is 2.00. The highest BCUT2D eigenvalue weighted by molar-refractivity contribution is 5.85. The maximum absolute atomic E-state index is 3.69. The molecule has 0 rings (SSSR count). The van der Waals surface area contributed by atoms with Crippen LogP contribution in [0.2, 0.25) is 0 Å². The second kappa shape index (κ2) is 4.83. The second-order valence-corrected chi connectivity index (χ2v) is 2.46. The maximum atomic E-state index is 3.69. The summed E-state index contributed by atoms with van der Waals surface area (Å²) in [7, 11) is 0. The third-order valence-electron chi connectivity index (χ3n) is 1.14. The van der Waals surface area contributed by atoms with Crippen LogP contribution in [0.3, 0.4) is 0 Å². The molecule has 9 heavy (non-hydrogen) atoms. The van der Waals surface area contributed by atoms with Crippen molar-refractivity contribution < 1.29 is 0 Å². The Kier molecular flexibility index (Phi) is 6.30. The summed E-state index contributed by atoms with van der Waals surface area (Å²) in [5.74, 6) is 0. The van der Waals surface area contributed by atoms with Gasteiger partial charge in [0.05, 0.1) is 0 Å². The van der Waals surface area contributed by atoms with Crippen LogP contribution in [0, 0.1) is 0 Å². The average Bonchev–Trinajstić information content (AvgIpc) is 1.67. The van der Waals surface area contributed by atoms with Crippen molar-refractivity contribution in [2.75, 3.05) is 6.54 Å². The van der Waals surface area contributed by atoms with Gasteiger partial charge in [-0.3, -0.25) is 0 Å². The Labute approximate surface area is 63.9 Å². The average molecular weight is 150 g/mol. The molecular weight excluding hydrogens is 134 g/mol. The molecular formula is C7H16ClN. The molecule has 0 spiro atoms. The molecule has 0 amide bonds. The minimum Gasteiger partial charge on any atom is -0.309 e. The van der Waals surface area contributed by atoms with E-state index in [0.717, 1.165) is 6.54 Å². The first-order valence-electron chi connectivity index (χ1n) is 3.01. The lowest BCUT2D eigenvalue weighted by Crippen LogP contribution is -2.36. The summed E-state index contributed by atoms with van der Waals surface area (Å²) >= 11 is 0. The molecule has 0 heterocycles. The Balaban J connectivity index is 0. The Morgan fingerprint density at radius 3 is 2.11 bits per heavy atom. The van der Waals surface area contributed by atoms with Gasteiger partial charge in [-0.05, 0) is 20.4 Å². The lowest BCUT2D eigenvalue weighted by atomic mass is 10.1. The van der Waals surface area contributed by atoms with Gasteiger partial charge >= 0.3 is 0 Å². The van der Waals surface area contributed by atoms with E-state index in [1.165, 1.54) is 0 Å². The van der Waals surface area contributed by atoms with Gasteiger partial charge in [-0.25, -0.2) is 0 Å². The topological polar surface area (TPSA) is 12.0 Å². The van der Waals surface area contributed by atoms with Crippen LogP contribution in [-0.2, 0) is 0 Å². The van der Waals surface area contributed by atoms with E-state index in [9.17, 15) is 0 Å². The van der Waals surface area contributed by atoms with Gasteiger partial charge in [-0.15, -0.1) is 19.0 Å². The monoisotopic (exact) mass is 149 g/mol. The normalized spacial score (nSPS) is 10.1. The largest absolute Gasteiger partial charge is 0.309 e. The van der Waals surface area contributed by atoms with Gasteiger partial charge in [0.1, 0.15) is 0 Å². The minimum absolute atomic E-state index is 0. The fourth-order valence-corrected chi connectivity index (χ4v) is 0.528. The van der Waals surface area contributed by atoms with E-state index in [2.05, 4.69) is 32.7 Å². The predicted molar refractivity (Wildman–Crippen MR) is 45.2 cm³/mol. The summed E-state index contributed by atoms with van der Waals surface area (Å²) in [4.78, 5) is 0. The Morgan fingerprint density at radius 1 is 1.56 bits per heavy atom. The zero-order chi connectivity index (χ0) is 6.62. The fraction of sp³-hybridized carbons (Fsp3) is 0.714. The van der Waals surface area contributed by atoms with Crippen molar-refractivity contribution in [1.82, 2.24) is 5.32 Å². The first-order valence-corrected chi connectivity index (χ1v) is 3.01. The maximum Gasteiger partial charge on any atom is 0.0304 e. The molecule has 0 bridgehead atoms. The van der Waals surface area contributed by atoms with Gasteiger partial charge in [0, 0.05) is 5.54 Å². The van der Waals surface area contributed by atoms with Crippen molar-refractivity contribution in [3.63, 3.8) is 0 Å². The van der Waals surface area contributed by atoms with E-state index >= 15 is 0 Å². The van der Waals surface area contributed by atoms with E-state index < -0.39 is 0 Å². The summed E-state index contributed by atoms with van der Waals surface area (Å²) in [5, 5.41) is 3.25. The quantitative estimate of drug-likeness (QED) is 0.606. The van der Waals surface area contributed by atoms with E-state index in [1.807, 2.05) is 6.08 Å². The molecule has 0 aromatic heterocycles. The molecule has 1 nitrogen and oxygen atoms in total. The van der Waals surface area contributed by atoms with E-state index in [1.54, 1.807) is 0 Å². The predicted octanol–water partition coefficient (Wildman–Crippen LogP) is 1.98. The number of rotatable bonds is 3. The first kappa shape index (κ1) is 11.7. The molecule has 0 aliphatic carbocycles. The third kappa shape index (κ3) is 5.87. The Hall–Kier alpha value is -0.0100. The van der Waals surface area contributed by atoms with Gasteiger partial charge in [0.25, 0.3) is 0 Å². The van der Waals surface area contributed by atoms with Crippen LogP contribution < -0.4 is 5.32 Å². The van der Waals surface area contributed by atoms with Crippen molar-refractivity contribution in [1.29, 1.82) is 0 Å². The molecule has 0 aliphatic heterocycles. The number of halogens is 1. The number of likely N-dealkylation sites (N-methyl/N-ethyl adjacent to an activating group) is 1. The summed E-state index contributed by atoms with van der Waals surface area (Å²) < 4.78 is 0. The van der Waals surface area contributed by atoms with Gasteiger partial charge in [0.15, 0.2) is 0 Å². The fourth-order valence-electron chi connectivity index (χ4n) is 0.528. The van der Waals surface area contributed by atoms with Crippen molar-refractivity contribution in [3.8, 4) is 0 Å². The van der Waals surface area contributed by atoms with Gasteiger partial charge in [-0.2, -0.15) is 0 Å². The van der Waals surface area contributed by atoms with Crippen molar-refractivity contribution in [2.45, 2.75) is 26.3 Å². The Bertz CT molecular complexity index is 79.0. The van der Waals surface area contributed by atoms with Crippen LogP contribution in [0.25, 0.3) is 0 Å². The molecule has 2 heteroatoms. The first-order chi connectivity index (χ1) is 3.62. The zero-order valence-corrected chi connectivity index (χ0v) is 7.22. The molecule has 0 saturated heterocycles. The van der Waals surface area contributed by atoms with Crippen molar-refractivity contribution >= 4 is 12.4 Å². The summed E-state index contributed by atoms with van der Waals surface area (Å²) in [5.41, 5.74) is 0.106. The molecule has 0 atom stereocenters. The molecule has 0 aliphatic rings.